The Labute approximate surface area is 103 Å². The van der Waals surface area contributed by atoms with Crippen LogP contribution >= 0.6 is 0 Å². The van der Waals surface area contributed by atoms with Gasteiger partial charge in [0.05, 0.1) is 6.61 Å². The first-order valence-corrected chi connectivity index (χ1v) is 6.21. The van der Waals surface area contributed by atoms with Gasteiger partial charge in [0, 0.05) is 19.2 Å². The molecule has 0 aromatic heterocycles. The van der Waals surface area contributed by atoms with Gasteiger partial charge in [-0.3, -0.25) is 0 Å². The summed E-state index contributed by atoms with van der Waals surface area (Å²) in [4.78, 5) is 13.8. The smallest absolute Gasteiger partial charge is 0.410 e. The Kier molecular flexibility index (Phi) is 5.21. The van der Waals surface area contributed by atoms with Crippen molar-refractivity contribution in [3.8, 4) is 0 Å². The predicted octanol–water partition coefficient (Wildman–Crippen LogP) is 1.36. The third-order valence-electron chi connectivity index (χ3n) is 2.64. The highest BCUT2D eigenvalue weighted by molar-refractivity contribution is 5.68. The number of carbonyl (C=O) groups is 1. The van der Waals surface area contributed by atoms with E-state index in [1.807, 2.05) is 20.8 Å². The third-order valence-corrected chi connectivity index (χ3v) is 2.64. The molecular weight excluding hydrogens is 220 g/mol. The van der Waals surface area contributed by atoms with Crippen LogP contribution in [0.15, 0.2) is 0 Å². The predicted molar refractivity (Wildman–Crippen MR) is 65.8 cm³/mol. The molecule has 0 aliphatic carbocycles. The number of nitrogens with two attached hydrogens (primary N) is 1. The zero-order valence-electron chi connectivity index (χ0n) is 11.1. The van der Waals surface area contributed by atoms with Crippen LogP contribution in [0.5, 0.6) is 0 Å². The third kappa shape index (κ3) is 4.91. The van der Waals surface area contributed by atoms with Crippen LogP contribution in [0.4, 0.5) is 4.79 Å². The molecule has 1 amide bonds. The Bertz CT molecular complexity index is 251. The van der Waals surface area contributed by atoms with Crippen molar-refractivity contribution in [2.24, 2.45) is 5.73 Å². The highest BCUT2D eigenvalue weighted by atomic mass is 16.6. The van der Waals surface area contributed by atoms with Gasteiger partial charge >= 0.3 is 6.09 Å². The highest BCUT2D eigenvalue weighted by Crippen LogP contribution is 2.17. The summed E-state index contributed by atoms with van der Waals surface area (Å²) in [6.07, 6.45) is 1.36. The standard InChI is InChI=1S/C12H24N2O3/c1-12(2,3)17-11(15)14-7-9-16-8-5-10(14)4-6-13/h10H,4-9,13H2,1-3H3. The van der Waals surface area contributed by atoms with Crippen LogP contribution in [-0.2, 0) is 9.47 Å². The van der Waals surface area contributed by atoms with Gasteiger partial charge in [-0.1, -0.05) is 0 Å². The van der Waals surface area contributed by atoms with E-state index < -0.39 is 5.60 Å². The molecule has 5 nitrogen and oxygen atoms in total. The first kappa shape index (κ1) is 14.3. The van der Waals surface area contributed by atoms with E-state index in [4.69, 9.17) is 15.2 Å². The van der Waals surface area contributed by atoms with E-state index in [0.717, 1.165) is 12.8 Å². The average molecular weight is 244 g/mol. The summed E-state index contributed by atoms with van der Waals surface area (Å²) in [5.41, 5.74) is 5.12. The fourth-order valence-electron chi connectivity index (χ4n) is 1.88. The molecule has 1 unspecified atom stereocenters. The fraction of sp³-hybridized carbons (Fsp3) is 0.917. The van der Waals surface area contributed by atoms with Gasteiger partial charge in [0.1, 0.15) is 5.60 Å². The SMILES string of the molecule is CC(C)(C)OC(=O)N1CCOCCC1CCN. The molecule has 0 aromatic carbocycles. The Hall–Kier alpha value is -0.810. The summed E-state index contributed by atoms with van der Waals surface area (Å²) in [6, 6.07) is 0.136. The van der Waals surface area contributed by atoms with Gasteiger partial charge in [-0.2, -0.15) is 0 Å². The summed E-state index contributed by atoms with van der Waals surface area (Å²) in [7, 11) is 0. The van der Waals surface area contributed by atoms with Crippen LogP contribution in [0, 0.1) is 0 Å². The quantitative estimate of drug-likeness (QED) is 0.796. The van der Waals surface area contributed by atoms with Gasteiger partial charge in [0.2, 0.25) is 0 Å². The second-order valence-electron chi connectivity index (χ2n) is 5.31. The topological polar surface area (TPSA) is 64.8 Å². The highest BCUT2D eigenvalue weighted by Gasteiger charge is 2.29. The van der Waals surface area contributed by atoms with E-state index in [1.165, 1.54) is 0 Å². The maximum Gasteiger partial charge on any atom is 0.410 e. The lowest BCUT2D eigenvalue weighted by molar-refractivity contribution is 0.0156. The first-order chi connectivity index (χ1) is 7.94. The van der Waals surface area contributed by atoms with E-state index in [1.54, 1.807) is 4.90 Å². The molecule has 0 spiro atoms. The minimum atomic E-state index is -0.461. The summed E-state index contributed by atoms with van der Waals surface area (Å²) in [5.74, 6) is 0. The van der Waals surface area contributed by atoms with E-state index in [2.05, 4.69) is 0 Å². The monoisotopic (exact) mass is 244 g/mol. The van der Waals surface area contributed by atoms with E-state index in [-0.39, 0.29) is 12.1 Å². The van der Waals surface area contributed by atoms with Gasteiger partial charge in [-0.25, -0.2) is 4.79 Å². The number of nitrogens with zero attached hydrogens (tertiary/aromatic N) is 1. The number of rotatable bonds is 2. The second-order valence-corrected chi connectivity index (χ2v) is 5.31. The molecule has 0 bridgehead atoms. The van der Waals surface area contributed by atoms with Crippen LogP contribution in [0.25, 0.3) is 0 Å². The molecule has 1 rings (SSSR count). The normalized spacial score (nSPS) is 22.1. The van der Waals surface area contributed by atoms with Crippen molar-refractivity contribution in [2.75, 3.05) is 26.3 Å². The lowest BCUT2D eigenvalue weighted by Gasteiger charge is -2.31. The molecular formula is C12H24N2O3. The minimum absolute atomic E-state index is 0.136. The van der Waals surface area contributed by atoms with Crippen molar-refractivity contribution in [2.45, 2.75) is 45.3 Å². The molecule has 1 aliphatic heterocycles. The van der Waals surface area contributed by atoms with E-state index >= 15 is 0 Å². The summed E-state index contributed by atoms with van der Waals surface area (Å²) in [5, 5.41) is 0. The van der Waals surface area contributed by atoms with Crippen LogP contribution in [-0.4, -0.2) is 48.9 Å². The Morgan fingerprint density at radius 1 is 1.47 bits per heavy atom. The second kappa shape index (κ2) is 6.21. The van der Waals surface area contributed by atoms with Crippen LogP contribution in [0.2, 0.25) is 0 Å². The molecule has 0 aromatic rings. The zero-order valence-corrected chi connectivity index (χ0v) is 11.1. The Balaban J connectivity index is 2.64. The molecule has 1 fully saturated rings. The molecule has 17 heavy (non-hydrogen) atoms. The Morgan fingerprint density at radius 3 is 2.76 bits per heavy atom. The molecule has 1 heterocycles. The lowest BCUT2D eigenvalue weighted by Crippen LogP contribution is -2.44. The van der Waals surface area contributed by atoms with Crippen LogP contribution < -0.4 is 5.73 Å². The van der Waals surface area contributed by atoms with Crippen molar-refractivity contribution >= 4 is 6.09 Å². The molecule has 1 aliphatic rings. The molecule has 0 saturated carbocycles. The molecule has 5 heteroatoms. The molecule has 1 atom stereocenters. The molecule has 2 N–H and O–H groups in total. The van der Waals surface area contributed by atoms with Gasteiger partial charge in [0.15, 0.2) is 0 Å². The summed E-state index contributed by atoms with van der Waals surface area (Å²) >= 11 is 0. The van der Waals surface area contributed by atoms with Crippen molar-refractivity contribution in [1.82, 2.24) is 4.90 Å². The number of hydrogen-bond donors (Lipinski definition) is 1. The van der Waals surface area contributed by atoms with E-state index in [0.29, 0.717) is 26.3 Å². The molecule has 1 saturated heterocycles. The number of amides is 1. The van der Waals surface area contributed by atoms with E-state index in [9.17, 15) is 4.79 Å². The van der Waals surface area contributed by atoms with Gasteiger partial charge in [-0.05, 0) is 40.2 Å². The molecule has 0 radical (unpaired) electrons. The number of carbonyl (C=O) groups excluding carboxylic acids is 1. The van der Waals surface area contributed by atoms with Crippen molar-refractivity contribution in [3.63, 3.8) is 0 Å². The van der Waals surface area contributed by atoms with Gasteiger partial charge < -0.3 is 20.1 Å². The maximum absolute atomic E-state index is 12.1. The van der Waals surface area contributed by atoms with Gasteiger partial charge in [-0.15, -0.1) is 0 Å². The lowest BCUT2D eigenvalue weighted by atomic mass is 10.1. The van der Waals surface area contributed by atoms with Crippen molar-refractivity contribution in [3.05, 3.63) is 0 Å². The van der Waals surface area contributed by atoms with Crippen LogP contribution in [0.3, 0.4) is 0 Å². The Morgan fingerprint density at radius 2 is 2.18 bits per heavy atom. The maximum atomic E-state index is 12.1. The largest absolute Gasteiger partial charge is 0.444 e. The molecule has 100 valence electrons. The van der Waals surface area contributed by atoms with Crippen molar-refractivity contribution in [1.29, 1.82) is 0 Å². The summed E-state index contributed by atoms with van der Waals surface area (Å²) < 4.78 is 10.8. The number of hydrogen-bond acceptors (Lipinski definition) is 4. The van der Waals surface area contributed by atoms with Gasteiger partial charge in [0.25, 0.3) is 0 Å². The number of ether oxygens (including phenoxy) is 2. The average Bonchev–Trinajstić information content (AvgIpc) is 2.41. The summed E-state index contributed by atoms with van der Waals surface area (Å²) in [6.45, 7) is 8.03. The zero-order chi connectivity index (χ0) is 12.9. The fourth-order valence-corrected chi connectivity index (χ4v) is 1.88. The van der Waals surface area contributed by atoms with Crippen LogP contribution in [0.1, 0.15) is 33.6 Å². The van der Waals surface area contributed by atoms with Crippen molar-refractivity contribution < 1.29 is 14.3 Å². The first-order valence-electron chi connectivity index (χ1n) is 6.21. The minimum Gasteiger partial charge on any atom is -0.444 e.